The maximum absolute atomic E-state index is 14.6. The van der Waals surface area contributed by atoms with Crippen molar-refractivity contribution in [1.82, 2.24) is 9.80 Å². The molecule has 0 aromatic heterocycles. The molecule has 19 atom stereocenters. The van der Waals surface area contributed by atoms with Gasteiger partial charge in [0.2, 0.25) is 0 Å². The lowest BCUT2D eigenvalue weighted by molar-refractivity contribution is -0.321. The van der Waals surface area contributed by atoms with Crippen molar-refractivity contribution in [1.29, 1.82) is 0 Å². The number of nitrogens with zero attached hydrogens (tertiary/aromatic N) is 2. The summed E-state index contributed by atoms with van der Waals surface area (Å²) >= 11 is 0. The van der Waals surface area contributed by atoms with E-state index in [2.05, 4.69) is 0 Å². The molecule has 0 amide bonds. The number of fused-ring (bicyclic) bond motifs is 1. The number of likely N-dealkylation sites (N-methyl/N-ethyl adjacent to an activating group) is 2. The van der Waals surface area contributed by atoms with Gasteiger partial charge in [-0.3, -0.25) is 9.59 Å². The maximum atomic E-state index is 14.6. The van der Waals surface area contributed by atoms with Crippen LogP contribution in [-0.2, 0) is 47.5 Å². The van der Waals surface area contributed by atoms with Gasteiger partial charge >= 0.3 is 11.9 Å². The number of cyclic esters (lactones) is 1. The molecule has 5 rings (SSSR count). The van der Waals surface area contributed by atoms with E-state index in [9.17, 15) is 39.9 Å². The third-order valence-electron chi connectivity index (χ3n) is 16.4. The van der Waals surface area contributed by atoms with Crippen molar-refractivity contribution in [2.24, 2.45) is 17.8 Å². The molecule has 1 aliphatic carbocycles. The summed E-state index contributed by atoms with van der Waals surface area (Å²) in [5, 5.41) is 57.8. The monoisotopic (exact) mass is 1060 g/mol. The van der Waals surface area contributed by atoms with E-state index in [1.807, 2.05) is 96.8 Å². The number of ketones is 1. The standard InChI is InChI=1S/C57H92N2O16/c1-16-19-39-28-42(52(63)64)46(60)41-27-38(21-22-40(39)41)20-18-23-69-24-25-70-51-37(8)72-45(30-56(51,10)68-15)74-48-34(5)50(75-54-47(61)43(58(12)13)26-33(4)71-54)55(9,66)29-32(3)31-59(14)36(7)49(62)57(11,67)44(17-2)73-53(65)35(48)6/h18,20-22,27-28,32-37,39,43-45,47-51,54,61-62,66-67H,16-17,19,23-26,29-31H2,1-15H3,(H,63,64)/b20-18+/t32-,33-,34+,35-,36-,37+,39?,43+,44-,45?,47-,48+,49+,50-,51+,54+,55-,56-,57-/m1/s1. The van der Waals surface area contributed by atoms with Gasteiger partial charge in [0, 0.05) is 49.6 Å². The van der Waals surface area contributed by atoms with E-state index in [4.69, 9.17) is 37.9 Å². The lowest BCUT2D eigenvalue weighted by atomic mass is 9.77. The molecule has 0 spiro atoms. The van der Waals surface area contributed by atoms with E-state index in [-0.39, 0.29) is 68.6 Å². The summed E-state index contributed by atoms with van der Waals surface area (Å²) in [4.78, 5) is 43.4. The minimum atomic E-state index is -1.84. The van der Waals surface area contributed by atoms with Crippen LogP contribution in [0.2, 0.25) is 0 Å². The Morgan fingerprint density at radius 2 is 1.65 bits per heavy atom. The zero-order valence-electron chi connectivity index (χ0n) is 47.4. The Morgan fingerprint density at radius 3 is 2.28 bits per heavy atom. The topological polar surface area (TPSA) is 233 Å². The number of carboxylic acids is 1. The van der Waals surface area contributed by atoms with Crippen LogP contribution in [0.1, 0.15) is 142 Å². The largest absolute Gasteiger partial charge is 0.478 e. The fourth-order valence-electron chi connectivity index (χ4n) is 12.0. The molecule has 1 aromatic rings. The first-order chi connectivity index (χ1) is 35.1. The highest BCUT2D eigenvalue weighted by Gasteiger charge is 2.53. The second kappa shape index (κ2) is 26.6. The fourth-order valence-corrected chi connectivity index (χ4v) is 12.0. The molecular formula is C57H92N2O16. The quantitative estimate of drug-likeness (QED) is 0.0711. The number of esters is 1. The van der Waals surface area contributed by atoms with Crippen LogP contribution in [0.3, 0.4) is 0 Å². The number of aliphatic carboxylic acids is 1. The lowest BCUT2D eigenvalue weighted by Gasteiger charge is -2.49. The average molecular weight is 1060 g/mol. The van der Waals surface area contributed by atoms with Crippen LogP contribution in [0, 0.1) is 17.8 Å². The second-order valence-corrected chi connectivity index (χ2v) is 22.9. The average Bonchev–Trinajstić information content (AvgIpc) is 3.34. The summed E-state index contributed by atoms with van der Waals surface area (Å²) in [5.41, 5.74) is -2.63. The molecule has 18 nitrogen and oxygen atoms in total. The molecule has 1 aromatic carbocycles. The first kappa shape index (κ1) is 62.6. The Bertz CT molecular complexity index is 2110. The van der Waals surface area contributed by atoms with Crippen LogP contribution < -0.4 is 0 Å². The van der Waals surface area contributed by atoms with Gasteiger partial charge in [0.1, 0.15) is 35.6 Å². The lowest BCUT2D eigenvalue weighted by Crippen LogP contribution is -2.61. The Morgan fingerprint density at radius 1 is 0.960 bits per heavy atom. The number of hydrogen-bond donors (Lipinski definition) is 5. The Balaban J connectivity index is 1.35. The highest BCUT2D eigenvalue weighted by Crippen LogP contribution is 2.41. The number of benzene rings is 1. The summed E-state index contributed by atoms with van der Waals surface area (Å²) in [7, 11) is 7.19. The number of methoxy groups -OCH3 is 1. The fraction of sp³-hybridized carbons (Fsp3) is 0.772. The van der Waals surface area contributed by atoms with Gasteiger partial charge in [0.25, 0.3) is 0 Å². The van der Waals surface area contributed by atoms with Crippen molar-refractivity contribution in [2.45, 2.75) is 211 Å². The van der Waals surface area contributed by atoms with E-state index in [1.54, 1.807) is 46.9 Å². The molecule has 3 heterocycles. The Labute approximate surface area is 446 Å². The summed E-state index contributed by atoms with van der Waals surface area (Å²) in [6.07, 6.45) is -1.34. The molecular weight excluding hydrogens is 969 g/mol. The van der Waals surface area contributed by atoms with Crippen LogP contribution in [0.25, 0.3) is 6.08 Å². The zero-order chi connectivity index (χ0) is 55.9. The van der Waals surface area contributed by atoms with Gasteiger partial charge in [-0.05, 0) is 118 Å². The van der Waals surface area contributed by atoms with Gasteiger partial charge in [-0.25, -0.2) is 4.79 Å². The molecule has 3 saturated heterocycles. The van der Waals surface area contributed by atoms with Crippen LogP contribution in [0.15, 0.2) is 35.9 Å². The van der Waals surface area contributed by atoms with Crippen molar-refractivity contribution in [3.63, 3.8) is 0 Å². The first-order valence-corrected chi connectivity index (χ1v) is 27.2. The normalized spacial score (nSPS) is 39.9. The van der Waals surface area contributed by atoms with Crippen LogP contribution in [0.5, 0.6) is 0 Å². The highest BCUT2D eigenvalue weighted by atomic mass is 16.7. The van der Waals surface area contributed by atoms with Gasteiger partial charge in [-0.15, -0.1) is 0 Å². The van der Waals surface area contributed by atoms with Crippen molar-refractivity contribution in [3.05, 3.63) is 52.6 Å². The summed E-state index contributed by atoms with van der Waals surface area (Å²) in [5.74, 6) is -4.59. The smallest absolute Gasteiger partial charge is 0.339 e. The van der Waals surface area contributed by atoms with E-state index in [1.165, 1.54) is 6.92 Å². The molecule has 18 heteroatoms. The predicted molar refractivity (Wildman–Crippen MR) is 282 cm³/mol. The summed E-state index contributed by atoms with van der Waals surface area (Å²) in [6, 6.07) is 4.66. The molecule has 426 valence electrons. The van der Waals surface area contributed by atoms with Gasteiger partial charge in [0.05, 0.1) is 61.4 Å². The Kier molecular flexibility index (Phi) is 22.2. The van der Waals surface area contributed by atoms with Crippen molar-refractivity contribution >= 4 is 23.8 Å². The minimum absolute atomic E-state index is 0.137. The molecule has 0 radical (unpaired) electrons. The third-order valence-corrected chi connectivity index (χ3v) is 16.4. The third kappa shape index (κ3) is 14.9. The number of Topliss-reactive ketones (excluding diaryl/α,β-unsaturated/α-hetero) is 1. The van der Waals surface area contributed by atoms with Gasteiger partial charge in [0.15, 0.2) is 18.4 Å². The number of ether oxygens (including phenoxy) is 8. The van der Waals surface area contributed by atoms with Crippen molar-refractivity contribution in [3.8, 4) is 0 Å². The van der Waals surface area contributed by atoms with Gasteiger partial charge < -0.3 is 73.2 Å². The number of hydrogen-bond acceptors (Lipinski definition) is 17. The van der Waals surface area contributed by atoms with Crippen LogP contribution in [0.4, 0.5) is 0 Å². The number of carbonyl (C=O) groups is 3. The molecule has 2 unspecified atom stereocenters. The minimum Gasteiger partial charge on any atom is -0.478 e. The van der Waals surface area contributed by atoms with Crippen molar-refractivity contribution in [2.75, 3.05) is 54.6 Å². The van der Waals surface area contributed by atoms with E-state index in [0.717, 1.165) is 24.0 Å². The predicted octanol–water partition coefficient (Wildman–Crippen LogP) is 5.75. The van der Waals surface area contributed by atoms with Crippen molar-refractivity contribution < 1.29 is 77.8 Å². The van der Waals surface area contributed by atoms with Gasteiger partial charge in [-0.1, -0.05) is 64.5 Å². The van der Waals surface area contributed by atoms with Crippen LogP contribution >= 0.6 is 0 Å². The van der Waals surface area contributed by atoms with Gasteiger partial charge in [-0.2, -0.15) is 0 Å². The molecule has 5 N–H and O–H groups in total. The Hall–Kier alpha value is -3.21. The molecule has 75 heavy (non-hydrogen) atoms. The molecule has 0 saturated carbocycles. The number of carboxylic acid groups (broad SMARTS) is 1. The number of allylic oxidation sites excluding steroid dienone is 1. The number of aliphatic hydroxyl groups excluding tert-OH is 2. The van der Waals surface area contributed by atoms with E-state index < -0.39 is 108 Å². The summed E-state index contributed by atoms with van der Waals surface area (Å²) < 4.78 is 51.3. The summed E-state index contributed by atoms with van der Waals surface area (Å²) in [6.45, 7) is 21.0. The van der Waals surface area contributed by atoms with Crippen LogP contribution in [-0.4, -0.2) is 198 Å². The van der Waals surface area contributed by atoms with E-state index in [0.29, 0.717) is 18.5 Å². The maximum Gasteiger partial charge on any atom is 0.339 e. The first-order valence-electron chi connectivity index (χ1n) is 27.2. The number of carbonyl (C=O) groups excluding carboxylic acids is 2. The van der Waals surface area contributed by atoms with E-state index >= 15 is 0 Å². The zero-order valence-corrected chi connectivity index (χ0v) is 47.4. The number of aliphatic hydroxyl groups is 4. The SMILES string of the molecule is CCCC1C=C(C(=O)O)C(=O)c2cc(/C=C/COCCO[C@H]3[C@H](C)OC(O[C@H]4[C@H](C)[C@@H](O[C@@H]5O[C@H](C)C[C@H](N(C)C)[C@H]5O)[C@](C)(O)C[C@@H](C)CN(C)[C@H](C)[C@H](O)[C@](C)(O)[C@@H](CC)OC(=O)[C@@H]4C)C[C@@]3(C)OC)ccc21. The molecule has 4 aliphatic rings. The molecule has 0 bridgehead atoms. The number of rotatable bonds is 17. The second-order valence-electron chi connectivity index (χ2n) is 22.9. The molecule has 3 fully saturated rings. The molecule has 3 aliphatic heterocycles. The highest BCUT2D eigenvalue weighted by molar-refractivity contribution is 6.25.